The van der Waals surface area contributed by atoms with Gasteiger partial charge in [-0.05, 0) is 36.7 Å². The molecule has 3 atom stereocenters. The first-order valence-electron chi connectivity index (χ1n) is 16.6. The van der Waals surface area contributed by atoms with E-state index in [1.165, 1.54) is 25.6 Å². The van der Waals surface area contributed by atoms with Gasteiger partial charge in [0.15, 0.2) is 30.9 Å². The lowest BCUT2D eigenvalue weighted by Crippen LogP contribution is -2.52. The average molecular weight is 666 g/mol. The lowest BCUT2D eigenvalue weighted by Gasteiger charge is -2.41. The van der Waals surface area contributed by atoms with Crippen LogP contribution in [-0.4, -0.2) is 58.0 Å². The number of ether oxygens (including phenoxy) is 2. The number of carbonyl (C=O) groups is 2. The number of nitrogens with one attached hydrogen (secondary N) is 1. The van der Waals surface area contributed by atoms with Crippen LogP contribution in [0.5, 0.6) is 0 Å². The van der Waals surface area contributed by atoms with E-state index in [9.17, 15) is 14.0 Å². The molecule has 47 heavy (non-hydrogen) atoms. The summed E-state index contributed by atoms with van der Waals surface area (Å²) in [5, 5.41) is 2.57. The third-order valence-electron chi connectivity index (χ3n) is 9.17. The monoisotopic (exact) mass is 665 g/mol. The molecule has 3 heterocycles. The molecule has 1 saturated heterocycles. The molecule has 1 aromatic carbocycles. The molecule has 1 fully saturated rings. The van der Waals surface area contributed by atoms with Gasteiger partial charge in [-0.25, -0.2) is 9.78 Å². The molecule has 10 nitrogen and oxygen atoms in total. The Kier molecular flexibility index (Phi) is 11.9. The molecule has 1 amide bonds. The zero-order chi connectivity index (χ0) is 34.2. The van der Waals surface area contributed by atoms with Crippen molar-refractivity contribution in [2.24, 2.45) is 0 Å². The number of imidazole rings is 1. The van der Waals surface area contributed by atoms with Crippen molar-refractivity contribution in [3.8, 4) is 12.3 Å². The second-order valence-corrected chi connectivity index (χ2v) is 18.5. The van der Waals surface area contributed by atoms with E-state index < -0.39 is 38.3 Å². The third kappa shape index (κ3) is 8.83. The predicted octanol–water partition coefficient (Wildman–Crippen LogP) is 7.58. The van der Waals surface area contributed by atoms with E-state index in [0.717, 1.165) is 25.7 Å². The van der Waals surface area contributed by atoms with E-state index in [-0.39, 0.29) is 41.0 Å². The summed E-state index contributed by atoms with van der Waals surface area (Å²) in [7, 11) is -2.40. The van der Waals surface area contributed by atoms with Crippen molar-refractivity contribution < 1.29 is 27.9 Å². The maximum Gasteiger partial charge on any atom is 0.338 e. The molecule has 1 aliphatic heterocycles. The Bertz CT molecular complexity index is 1570. The Morgan fingerprint density at radius 2 is 1.81 bits per heavy atom. The number of halogens is 1. The molecule has 0 aliphatic carbocycles. The van der Waals surface area contributed by atoms with Gasteiger partial charge in [0, 0.05) is 12.8 Å². The van der Waals surface area contributed by atoms with E-state index in [1.54, 1.807) is 28.8 Å². The number of unbranched alkanes of at least 4 members (excludes halogenated alkanes) is 6. The topological polar surface area (TPSA) is 117 Å². The lowest BCUT2D eigenvalue weighted by atomic mass is 9.99. The summed E-state index contributed by atoms with van der Waals surface area (Å²) < 4.78 is 35.4. The van der Waals surface area contributed by atoms with Crippen LogP contribution < -0.4 is 5.32 Å². The van der Waals surface area contributed by atoms with Crippen LogP contribution in [-0.2, 0) is 18.7 Å². The second-order valence-electron chi connectivity index (χ2n) is 13.7. The van der Waals surface area contributed by atoms with Gasteiger partial charge in [-0.2, -0.15) is 14.4 Å². The largest absolute Gasteiger partial charge is 0.458 e. The van der Waals surface area contributed by atoms with Gasteiger partial charge in [-0.3, -0.25) is 9.36 Å². The number of terminal acetylenes is 1. The molecule has 0 radical (unpaired) electrons. The van der Waals surface area contributed by atoms with Gasteiger partial charge in [0.2, 0.25) is 5.91 Å². The normalized spacial score (nSPS) is 19.9. The van der Waals surface area contributed by atoms with Gasteiger partial charge in [-0.15, -0.1) is 6.42 Å². The summed E-state index contributed by atoms with van der Waals surface area (Å²) in [6.07, 6.45) is 13.2. The number of benzene rings is 1. The molecule has 0 spiro atoms. The first kappa shape index (κ1) is 36.2. The van der Waals surface area contributed by atoms with Gasteiger partial charge in [0.1, 0.15) is 12.8 Å². The predicted molar refractivity (Wildman–Crippen MR) is 182 cm³/mol. The molecule has 12 heteroatoms. The Balaban J connectivity index is 1.56. The zero-order valence-electron chi connectivity index (χ0n) is 28.5. The van der Waals surface area contributed by atoms with Gasteiger partial charge < -0.3 is 19.2 Å². The van der Waals surface area contributed by atoms with Crippen molar-refractivity contribution >= 4 is 37.2 Å². The summed E-state index contributed by atoms with van der Waals surface area (Å²) in [5.74, 6) is 1.92. The molecule has 0 bridgehead atoms. The number of hydrogen-bond acceptors (Lipinski definition) is 8. The van der Waals surface area contributed by atoms with Crippen molar-refractivity contribution in [2.75, 3.05) is 11.9 Å². The molecule has 0 saturated carbocycles. The fourth-order valence-corrected chi connectivity index (χ4v) is 6.69. The third-order valence-corrected chi connectivity index (χ3v) is 13.7. The number of nitrogens with zero attached hydrogens (tertiary/aromatic N) is 4. The molecule has 0 unspecified atom stereocenters. The van der Waals surface area contributed by atoms with E-state index in [2.05, 4.69) is 67.0 Å². The Morgan fingerprint density at radius 3 is 2.47 bits per heavy atom. The number of aromatic nitrogens is 4. The molecule has 2 aromatic heterocycles. The van der Waals surface area contributed by atoms with Gasteiger partial charge >= 0.3 is 12.0 Å². The van der Waals surface area contributed by atoms with E-state index in [0.29, 0.717) is 12.0 Å². The van der Waals surface area contributed by atoms with E-state index >= 15 is 0 Å². The number of carbonyl (C=O) groups excluding carboxylic acids is 2. The van der Waals surface area contributed by atoms with Crippen molar-refractivity contribution in [1.29, 1.82) is 0 Å². The standard InChI is InChI=1S/C35H48FN5O5Si/c1-8-10-11-12-13-14-18-21-27(42)38-30-29-31(40-33(36)39-30)41(24-37-29)28-22-26(46-47(6,7)34(3,4)5)35(9-2,45-28)23-44-32(43)25-19-16-15-17-20-25/h2,15-17,19-20,24,26,28H,8,10-14,18,21-23H2,1,3-7H3,(H,38,39,40,42)/t26-,28+,35+/m0/s1. The highest BCUT2D eigenvalue weighted by Crippen LogP contribution is 2.45. The molecule has 254 valence electrons. The molecule has 1 N–H and O–H groups in total. The fraction of sp³-hybridized carbons (Fsp3) is 0.571. The van der Waals surface area contributed by atoms with Crippen LogP contribution in [0.15, 0.2) is 36.7 Å². The highest BCUT2D eigenvalue weighted by Gasteiger charge is 2.54. The van der Waals surface area contributed by atoms with Crippen LogP contribution in [0.1, 0.15) is 102 Å². The van der Waals surface area contributed by atoms with Crippen molar-refractivity contribution in [3.05, 3.63) is 48.3 Å². The smallest absolute Gasteiger partial charge is 0.338 e. The van der Waals surface area contributed by atoms with Crippen LogP contribution in [0.25, 0.3) is 11.2 Å². The van der Waals surface area contributed by atoms with Crippen molar-refractivity contribution in [3.63, 3.8) is 0 Å². The first-order chi connectivity index (χ1) is 22.3. The maximum absolute atomic E-state index is 14.8. The van der Waals surface area contributed by atoms with Crippen LogP contribution in [0.3, 0.4) is 0 Å². The number of amides is 1. The number of rotatable bonds is 15. The number of anilines is 1. The van der Waals surface area contributed by atoms with Crippen molar-refractivity contribution in [2.45, 2.75) is 122 Å². The summed E-state index contributed by atoms with van der Waals surface area (Å²) in [6, 6.07) is 8.61. The number of fused-ring (bicyclic) bond motifs is 1. The minimum Gasteiger partial charge on any atom is -0.458 e. The molecular weight excluding hydrogens is 617 g/mol. The van der Waals surface area contributed by atoms with Crippen LogP contribution >= 0.6 is 0 Å². The highest BCUT2D eigenvalue weighted by atomic mass is 28.4. The summed E-state index contributed by atoms with van der Waals surface area (Å²) in [6.45, 7) is 12.5. The highest BCUT2D eigenvalue weighted by molar-refractivity contribution is 6.74. The Labute approximate surface area is 278 Å². The zero-order valence-corrected chi connectivity index (χ0v) is 29.5. The maximum atomic E-state index is 14.8. The van der Waals surface area contributed by atoms with Crippen LogP contribution in [0.4, 0.5) is 10.2 Å². The molecule has 4 rings (SSSR count). The Morgan fingerprint density at radius 1 is 1.13 bits per heavy atom. The SMILES string of the molecule is C#C[C@]1(COC(=O)c2ccccc2)O[C@@H](n2cnc3c(NC(=O)CCCCCCCCC)nc(F)nc32)C[C@@H]1O[Si](C)(C)C(C)(C)C. The average Bonchev–Trinajstić information content (AvgIpc) is 3.60. The minimum atomic E-state index is -2.40. The van der Waals surface area contributed by atoms with Gasteiger partial charge in [0.25, 0.3) is 0 Å². The minimum absolute atomic E-state index is 0.00808. The number of esters is 1. The van der Waals surface area contributed by atoms with Crippen LogP contribution in [0, 0.1) is 18.4 Å². The quantitative estimate of drug-likeness (QED) is 0.0581. The van der Waals surface area contributed by atoms with E-state index in [1.807, 2.05) is 6.07 Å². The number of hydrogen-bond donors (Lipinski definition) is 1. The van der Waals surface area contributed by atoms with E-state index in [4.69, 9.17) is 20.3 Å². The second kappa shape index (κ2) is 15.5. The first-order valence-corrected chi connectivity index (χ1v) is 19.5. The van der Waals surface area contributed by atoms with Crippen LogP contribution in [0.2, 0.25) is 18.1 Å². The fourth-order valence-electron chi connectivity index (χ4n) is 5.34. The van der Waals surface area contributed by atoms with Crippen molar-refractivity contribution in [1.82, 2.24) is 19.5 Å². The molecular formula is C35H48FN5O5Si. The lowest BCUT2D eigenvalue weighted by molar-refractivity contribution is -0.116. The van der Waals surface area contributed by atoms with Gasteiger partial charge in [-0.1, -0.05) is 90.3 Å². The molecule has 3 aromatic rings. The summed E-state index contributed by atoms with van der Waals surface area (Å²) >= 11 is 0. The molecule has 1 aliphatic rings. The summed E-state index contributed by atoms with van der Waals surface area (Å²) in [5.41, 5.74) is -0.710. The Hall–Kier alpha value is -3.66. The van der Waals surface area contributed by atoms with Gasteiger partial charge in [0.05, 0.1) is 18.0 Å². The summed E-state index contributed by atoms with van der Waals surface area (Å²) in [4.78, 5) is 37.9.